The van der Waals surface area contributed by atoms with E-state index in [9.17, 15) is 17.1 Å². The van der Waals surface area contributed by atoms with E-state index in [4.69, 9.17) is 0 Å². The summed E-state index contributed by atoms with van der Waals surface area (Å²) in [5.41, 5.74) is 0.875. The fraction of sp³-hybridized carbons (Fsp3) is 0.417. The van der Waals surface area contributed by atoms with E-state index in [0.29, 0.717) is 0 Å². The zero-order valence-corrected chi connectivity index (χ0v) is 12.6. The van der Waals surface area contributed by atoms with Gasteiger partial charge in [0.05, 0.1) is 6.04 Å². The first-order valence-corrected chi connectivity index (χ1v) is 8.01. The van der Waals surface area contributed by atoms with Crippen LogP contribution in [-0.4, -0.2) is 31.0 Å². The van der Waals surface area contributed by atoms with Crippen LogP contribution in [0.5, 0.6) is 0 Å². The number of amides is 1. The molecule has 2 unspecified atom stereocenters. The molecule has 2 rings (SSSR count). The minimum Gasteiger partial charge on any atom is -0.334 e. The van der Waals surface area contributed by atoms with Crippen molar-refractivity contribution in [3.8, 4) is 0 Å². The minimum atomic E-state index is -4.66. The summed E-state index contributed by atoms with van der Waals surface area (Å²) in [5, 5.41) is -1.24. The minimum absolute atomic E-state index is 0.0919. The van der Waals surface area contributed by atoms with E-state index in [1.165, 1.54) is 4.90 Å². The van der Waals surface area contributed by atoms with Crippen molar-refractivity contribution in [1.29, 1.82) is 0 Å². The lowest BCUT2D eigenvalue weighted by atomic mass is 10.1. The summed E-state index contributed by atoms with van der Waals surface area (Å²) in [6.07, 6.45) is -0.281. The van der Waals surface area contributed by atoms with Crippen LogP contribution in [0.4, 0.5) is 3.89 Å². The van der Waals surface area contributed by atoms with E-state index in [2.05, 4.69) is 15.9 Å². The molecule has 7 heteroatoms. The Hall–Kier alpha value is -0.950. The molecular formula is C12H13BrFNO3S. The molecule has 0 aromatic heterocycles. The van der Waals surface area contributed by atoms with Crippen LogP contribution in [0.1, 0.15) is 24.9 Å². The highest BCUT2D eigenvalue weighted by molar-refractivity contribution is 9.10. The monoisotopic (exact) mass is 349 g/mol. The van der Waals surface area contributed by atoms with Gasteiger partial charge in [0, 0.05) is 17.4 Å². The molecule has 1 aliphatic rings. The lowest BCUT2D eigenvalue weighted by Gasteiger charge is -2.25. The molecule has 104 valence electrons. The average molecular weight is 350 g/mol. The first-order chi connectivity index (χ1) is 8.79. The molecule has 0 saturated carbocycles. The van der Waals surface area contributed by atoms with Crippen molar-refractivity contribution in [1.82, 2.24) is 4.90 Å². The average Bonchev–Trinajstić information content (AvgIpc) is 2.70. The van der Waals surface area contributed by atoms with Crippen LogP contribution in [-0.2, 0) is 15.0 Å². The largest absolute Gasteiger partial charge is 0.334 e. The van der Waals surface area contributed by atoms with Gasteiger partial charge in [0.25, 0.3) is 0 Å². The smallest absolute Gasteiger partial charge is 0.307 e. The number of hydrogen-bond donors (Lipinski definition) is 0. The maximum absolute atomic E-state index is 13.0. The Labute approximate surface area is 119 Å². The Morgan fingerprint density at radius 3 is 2.68 bits per heavy atom. The van der Waals surface area contributed by atoms with E-state index in [1.54, 1.807) is 6.92 Å². The molecule has 1 amide bonds. The Morgan fingerprint density at radius 2 is 2.16 bits per heavy atom. The van der Waals surface area contributed by atoms with Crippen LogP contribution in [0.2, 0.25) is 0 Å². The Balaban J connectivity index is 2.21. The number of halogens is 2. The Morgan fingerprint density at radius 1 is 1.47 bits per heavy atom. The standard InChI is InChI=1S/C12H13BrFNO3S/c1-8(9-3-2-4-10(13)5-9)15-7-11(6-12(15)16)19(14,17)18/h2-5,8,11H,6-7H2,1H3. The highest BCUT2D eigenvalue weighted by Crippen LogP contribution is 2.29. The van der Waals surface area contributed by atoms with Crippen molar-refractivity contribution >= 4 is 32.1 Å². The highest BCUT2D eigenvalue weighted by Gasteiger charge is 2.40. The maximum atomic E-state index is 13.0. The maximum Gasteiger partial charge on any atom is 0.307 e. The first-order valence-electron chi connectivity index (χ1n) is 5.77. The summed E-state index contributed by atoms with van der Waals surface area (Å²) in [6, 6.07) is 7.11. The molecule has 1 fully saturated rings. The molecule has 1 aliphatic heterocycles. The van der Waals surface area contributed by atoms with Gasteiger partial charge in [-0.25, -0.2) is 0 Å². The Kier molecular flexibility index (Phi) is 3.96. The van der Waals surface area contributed by atoms with Gasteiger partial charge in [-0.3, -0.25) is 4.79 Å². The predicted octanol–water partition coefficient (Wildman–Crippen LogP) is 2.41. The van der Waals surface area contributed by atoms with Gasteiger partial charge < -0.3 is 4.90 Å². The zero-order valence-electron chi connectivity index (χ0n) is 10.2. The van der Waals surface area contributed by atoms with Gasteiger partial charge >= 0.3 is 10.2 Å². The van der Waals surface area contributed by atoms with E-state index < -0.39 is 15.5 Å². The molecule has 1 saturated heterocycles. The van der Waals surface area contributed by atoms with Gasteiger partial charge in [-0.15, -0.1) is 3.89 Å². The molecule has 1 heterocycles. The van der Waals surface area contributed by atoms with Gasteiger partial charge in [0.2, 0.25) is 5.91 Å². The van der Waals surface area contributed by atoms with E-state index in [1.807, 2.05) is 24.3 Å². The summed E-state index contributed by atoms with van der Waals surface area (Å²) in [4.78, 5) is 13.2. The van der Waals surface area contributed by atoms with Crippen LogP contribution < -0.4 is 0 Å². The summed E-state index contributed by atoms with van der Waals surface area (Å²) >= 11 is 3.34. The SMILES string of the molecule is CC(c1cccc(Br)c1)N1CC(S(=O)(=O)F)CC1=O. The second-order valence-electron chi connectivity index (χ2n) is 4.58. The highest BCUT2D eigenvalue weighted by atomic mass is 79.9. The van der Waals surface area contributed by atoms with Crippen LogP contribution in [0, 0.1) is 0 Å². The van der Waals surface area contributed by atoms with Gasteiger partial charge in [0.1, 0.15) is 5.25 Å². The second-order valence-corrected chi connectivity index (χ2v) is 7.11. The summed E-state index contributed by atoms with van der Waals surface area (Å²) in [5.74, 6) is -0.335. The molecule has 1 aromatic carbocycles. The van der Waals surface area contributed by atoms with Crippen LogP contribution in [0.25, 0.3) is 0 Å². The second kappa shape index (κ2) is 5.20. The van der Waals surface area contributed by atoms with Crippen LogP contribution in [0.15, 0.2) is 28.7 Å². The summed E-state index contributed by atoms with van der Waals surface area (Å²) in [7, 11) is -4.66. The number of likely N-dealkylation sites (tertiary alicyclic amines) is 1. The lowest BCUT2D eigenvalue weighted by molar-refractivity contribution is -0.129. The molecule has 2 atom stereocenters. The third kappa shape index (κ3) is 3.14. The normalized spacial score (nSPS) is 21.7. The molecule has 19 heavy (non-hydrogen) atoms. The van der Waals surface area contributed by atoms with E-state index >= 15 is 0 Å². The number of carbonyl (C=O) groups is 1. The van der Waals surface area contributed by atoms with Crippen molar-refractivity contribution in [2.75, 3.05) is 6.54 Å². The number of benzene rings is 1. The number of hydrogen-bond acceptors (Lipinski definition) is 3. The van der Waals surface area contributed by atoms with Gasteiger partial charge in [-0.05, 0) is 24.6 Å². The van der Waals surface area contributed by atoms with Crippen molar-refractivity contribution < 1.29 is 17.1 Å². The molecule has 0 N–H and O–H groups in total. The molecule has 0 bridgehead atoms. The van der Waals surface area contributed by atoms with E-state index in [0.717, 1.165) is 10.0 Å². The number of nitrogens with zero attached hydrogens (tertiary/aromatic N) is 1. The summed E-state index contributed by atoms with van der Waals surface area (Å²) in [6.45, 7) is 1.71. The van der Waals surface area contributed by atoms with E-state index in [-0.39, 0.29) is 24.9 Å². The van der Waals surface area contributed by atoms with Gasteiger partial charge in [-0.1, -0.05) is 28.1 Å². The van der Waals surface area contributed by atoms with Gasteiger partial charge in [-0.2, -0.15) is 8.42 Å². The third-order valence-corrected chi connectivity index (χ3v) is 4.93. The zero-order chi connectivity index (χ0) is 14.2. The molecule has 4 nitrogen and oxygen atoms in total. The quantitative estimate of drug-likeness (QED) is 0.787. The lowest BCUT2D eigenvalue weighted by Crippen LogP contribution is -2.30. The predicted molar refractivity (Wildman–Crippen MR) is 72.7 cm³/mol. The van der Waals surface area contributed by atoms with Crippen molar-refractivity contribution in [3.05, 3.63) is 34.3 Å². The Bertz CT molecular complexity index is 605. The summed E-state index contributed by atoms with van der Waals surface area (Å²) < 4.78 is 35.6. The van der Waals surface area contributed by atoms with Crippen LogP contribution in [0.3, 0.4) is 0 Å². The topological polar surface area (TPSA) is 54.5 Å². The molecule has 0 spiro atoms. The van der Waals surface area contributed by atoms with Gasteiger partial charge in [0.15, 0.2) is 0 Å². The molecular weight excluding hydrogens is 337 g/mol. The molecule has 1 aromatic rings. The number of rotatable bonds is 3. The van der Waals surface area contributed by atoms with Crippen molar-refractivity contribution in [2.45, 2.75) is 24.6 Å². The first kappa shape index (κ1) is 14.5. The van der Waals surface area contributed by atoms with Crippen LogP contribution >= 0.6 is 15.9 Å². The number of carbonyl (C=O) groups excluding carboxylic acids is 1. The van der Waals surface area contributed by atoms with Crippen molar-refractivity contribution in [2.24, 2.45) is 0 Å². The molecule has 0 aliphatic carbocycles. The molecule has 0 radical (unpaired) electrons. The fourth-order valence-corrected chi connectivity index (χ4v) is 3.30. The fourth-order valence-electron chi connectivity index (χ4n) is 2.21. The third-order valence-electron chi connectivity index (χ3n) is 3.32. The van der Waals surface area contributed by atoms with Crippen molar-refractivity contribution in [3.63, 3.8) is 0 Å².